The molecule has 0 saturated heterocycles. The molecule has 0 nitrogen and oxygen atoms in total. The molecule has 0 fully saturated rings. The van der Waals surface area contributed by atoms with E-state index in [1.807, 2.05) is 0 Å². The maximum atomic E-state index is 3.51. The van der Waals surface area contributed by atoms with Gasteiger partial charge in [-0.2, -0.15) is 0 Å². The Bertz CT molecular complexity index is 1120. The number of allylic oxidation sites excluding steroid dienone is 14. The summed E-state index contributed by atoms with van der Waals surface area (Å²) in [5.74, 6) is 7.40. The summed E-state index contributed by atoms with van der Waals surface area (Å²) in [4.78, 5) is 0. The van der Waals surface area contributed by atoms with Crippen LogP contribution in [0.1, 0.15) is 140 Å². The minimum Gasteiger partial charge on any atom is -0.0999 e. The minimum absolute atomic E-state index is 0.311. The zero-order chi connectivity index (χ0) is 29.8. The molecule has 2 rings (SSSR count). The lowest BCUT2D eigenvalue weighted by Crippen LogP contribution is -2.20. The SMILES string of the molecule is CC1=C(/C=C/C(C)=C\CC/C(C)=C/C=C/C=C(\C)CC#CC(C)CCC2=C(C)CCCC2(C)C)C(C)(C)CCC1. The third-order valence-corrected chi connectivity index (χ3v) is 9.16. The van der Waals surface area contributed by atoms with Crippen molar-refractivity contribution in [3.63, 3.8) is 0 Å². The molecule has 0 aliphatic heterocycles. The lowest BCUT2D eigenvalue weighted by atomic mass is 9.71. The topological polar surface area (TPSA) is 0 Å². The fourth-order valence-electron chi connectivity index (χ4n) is 6.43. The molecule has 0 aromatic rings. The molecule has 220 valence electrons. The van der Waals surface area contributed by atoms with Crippen molar-refractivity contribution in [2.45, 2.75) is 140 Å². The van der Waals surface area contributed by atoms with E-state index < -0.39 is 0 Å². The molecule has 2 aliphatic carbocycles. The highest BCUT2D eigenvalue weighted by Gasteiger charge is 2.28. The van der Waals surface area contributed by atoms with E-state index in [0.29, 0.717) is 16.7 Å². The van der Waals surface area contributed by atoms with E-state index in [-0.39, 0.29) is 0 Å². The fourth-order valence-corrected chi connectivity index (χ4v) is 6.43. The van der Waals surface area contributed by atoms with E-state index in [4.69, 9.17) is 0 Å². The lowest BCUT2D eigenvalue weighted by Gasteiger charge is -2.35. The van der Waals surface area contributed by atoms with Crippen molar-refractivity contribution in [1.82, 2.24) is 0 Å². The van der Waals surface area contributed by atoms with Crippen molar-refractivity contribution in [2.24, 2.45) is 16.7 Å². The number of hydrogen-bond donors (Lipinski definition) is 0. The van der Waals surface area contributed by atoms with Gasteiger partial charge in [-0.25, -0.2) is 0 Å². The van der Waals surface area contributed by atoms with Crippen LogP contribution in [0.2, 0.25) is 0 Å². The van der Waals surface area contributed by atoms with Crippen molar-refractivity contribution < 1.29 is 0 Å². The first-order valence-corrected chi connectivity index (χ1v) is 16.0. The summed E-state index contributed by atoms with van der Waals surface area (Å²) < 4.78 is 0. The Morgan fingerprint density at radius 3 is 2.15 bits per heavy atom. The summed E-state index contributed by atoms with van der Waals surface area (Å²) in [5.41, 5.74) is 11.2. The van der Waals surface area contributed by atoms with Gasteiger partial charge in [0, 0.05) is 12.3 Å². The highest BCUT2D eigenvalue weighted by Crippen LogP contribution is 2.43. The van der Waals surface area contributed by atoms with Gasteiger partial charge < -0.3 is 0 Å². The first-order valence-electron chi connectivity index (χ1n) is 16.0. The van der Waals surface area contributed by atoms with Crippen LogP contribution in [0.5, 0.6) is 0 Å². The van der Waals surface area contributed by atoms with Crippen LogP contribution < -0.4 is 0 Å². The summed E-state index contributed by atoms with van der Waals surface area (Å²) in [6, 6.07) is 0. The predicted octanol–water partition coefficient (Wildman–Crippen LogP) is 12.6. The largest absolute Gasteiger partial charge is 0.0999 e. The van der Waals surface area contributed by atoms with Crippen LogP contribution in [-0.4, -0.2) is 0 Å². The average molecular weight is 541 g/mol. The van der Waals surface area contributed by atoms with E-state index in [1.54, 1.807) is 22.3 Å². The molecule has 0 N–H and O–H groups in total. The van der Waals surface area contributed by atoms with Crippen LogP contribution in [0.25, 0.3) is 0 Å². The Morgan fingerprint density at radius 1 is 0.875 bits per heavy atom. The summed E-state index contributed by atoms with van der Waals surface area (Å²) in [6.45, 7) is 23.2. The second-order valence-corrected chi connectivity index (χ2v) is 14.1. The van der Waals surface area contributed by atoms with E-state index in [0.717, 1.165) is 19.3 Å². The van der Waals surface area contributed by atoms with Crippen LogP contribution in [0.3, 0.4) is 0 Å². The third kappa shape index (κ3) is 11.7. The summed E-state index contributed by atoms with van der Waals surface area (Å²) >= 11 is 0. The average Bonchev–Trinajstić information content (AvgIpc) is 2.85. The molecule has 0 amide bonds. The Morgan fingerprint density at radius 2 is 1.50 bits per heavy atom. The number of hydrogen-bond acceptors (Lipinski definition) is 0. The predicted molar refractivity (Wildman–Crippen MR) is 180 cm³/mol. The molecule has 2 aliphatic rings. The van der Waals surface area contributed by atoms with Crippen molar-refractivity contribution >= 4 is 0 Å². The van der Waals surface area contributed by atoms with Gasteiger partial charge in [-0.1, -0.05) is 122 Å². The van der Waals surface area contributed by atoms with E-state index >= 15 is 0 Å². The van der Waals surface area contributed by atoms with E-state index in [1.165, 1.54) is 68.1 Å². The van der Waals surface area contributed by atoms with E-state index in [9.17, 15) is 0 Å². The Labute approximate surface area is 249 Å². The van der Waals surface area contributed by atoms with Gasteiger partial charge in [0.15, 0.2) is 0 Å². The highest BCUT2D eigenvalue weighted by molar-refractivity contribution is 5.36. The van der Waals surface area contributed by atoms with Gasteiger partial charge >= 0.3 is 0 Å². The molecule has 0 radical (unpaired) electrons. The zero-order valence-electron chi connectivity index (χ0n) is 27.9. The van der Waals surface area contributed by atoms with Crippen molar-refractivity contribution in [2.75, 3.05) is 0 Å². The zero-order valence-corrected chi connectivity index (χ0v) is 27.9. The van der Waals surface area contributed by atoms with Crippen LogP contribution in [0.4, 0.5) is 0 Å². The molecular weight excluding hydrogens is 480 g/mol. The molecule has 1 unspecified atom stereocenters. The van der Waals surface area contributed by atoms with E-state index in [2.05, 4.69) is 124 Å². The van der Waals surface area contributed by atoms with Crippen molar-refractivity contribution in [1.29, 1.82) is 0 Å². The first-order chi connectivity index (χ1) is 18.8. The standard InChI is InChI=1S/C40H60/c1-31(19-13-21-33(3)25-27-37-35(5)23-15-29-39(37,7)8)17-11-12-18-32(2)20-14-22-34(4)26-28-38-36(6)24-16-30-40(38,9)10/h11-12,17-18,21,25,27,34H,13,15-16,19-20,23-24,26,28-30H2,1-10H3/b12-11+,27-25+,31-17+,32-18+,33-21-. The highest BCUT2D eigenvalue weighted by atomic mass is 14.3. The van der Waals surface area contributed by atoms with Gasteiger partial charge in [-0.15, -0.1) is 0 Å². The van der Waals surface area contributed by atoms with Gasteiger partial charge in [0.05, 0.1) is 0 Å². The molecule has 0 heterocycles. The van der Waals surface area contributed by atoms with Gasteiger partial charge in [0.25, 0.3) is 0 Å². The smallest absolute Gasteiger partial charge is 0.0299 e. The second kappa shape index (κ2) is 16.2. The summed E-state index contributed by atoms with van der Waals surface area (Å²) in [7, 11) is 0. The van der Waals surface area contributed by atoms with Crippen LogP contribution in [-0.2, 0) is 0 Å². The summed E-state index contributed by atoms with van der Waals surface area (Å²) in [5, 5.41) is 0. The molecular formula is C40H60. The van der Waals surface area contributed by atoms with Crippen molar-refractivity contribution in [3.8, 4) is 11.8 Å². The maximum Gasteiger partial charge on any atom is 0.0299 e. The maximum absolute atomic E-state index is 3.51. The molecule has 0 aromatic carbocycles. The first kappa shape index (κ1) is 33.9. The van der Waals surface area contributed by atoms with Crippen molar-refractivity contribution in [3.05, 3.63) is 81.5 Å². The molecule has 40 heavy (non-hydrogen) atoms. The molecule has 1 atom stereocenters. The monoisotopic (exact) mass is 540 g/mol. The normalized spacial score (nSPS) is 21.3. The third-order valence-electron chi connectivity index (χ3n) is 9.16. The van der Waals surface area contributed by atoms with Gasteiger partial charge in [0.1, 0.15) is 0 Å². The quantitative estimate of drug-likeness (QED) is 0.139. The van der Waals surface area contributed by atoms with Gasteiger partial charge in [-0.05, 0) is 115 Å². The lowest BCUT2D eigenvalue weighted by molar-refractivity contribution is 0.349. The molecule has 0 bridgehead atoms. The molecule has 0 aromatic heterocycles. The van der Waals surface area contributed by atoms with Gasteiger partial charge in [0.2, 0.25) is 0 Å². The summed E-state index contributed by atoms with van der Waals surface area (Å²) in [6.07, 6.45) is 29.1. The number of rotatable bonds is 11. The molecule has 0 saturated carbocycles. The van der Waals surface area contributed by atoms with Crippen LogP contribution >= 0.6 is 0 Å². The molecule has 0 spiro atoms. The minimum atomic E-state index is 0.311. The second-order valence-electron chi connectivity index (χ2n) is 14.1. The van der Waals surface area contributed by atoms with Crippen LogP contribution in [0, 0.1) is 28.6 Å². The Hall–Kier alpha value is -2.26. The fraction of sp³-hybridized carbons (Fsp3) is 0.600. The van der Waals surface area contributed by atoms with Gasteiger partial charge in [-0.3, -0.25) is 0 Å². The Balaban J connectivity index is 1.75. The molecule has 0 heteroatoms. The Kier molecular flexibility index (Phi) is 13.8. The van der Waals surface area contributed by atoms with Crippen LogP contribution in [0.15, 0.2) is 81.5 Å².